The first-order valence-corrected chi connectivity index (χ1v) is 5.25. The Morgan fingerprint density at radius 3 is 2.73 bits per heavy atom. The van der Waals surface area contributed by atoms with Crippen molar-refractivity contribution in [1.29, 1.82) is 0 Å². The van der Waals surface area contributed by atoms with Crippen LogP contribution in [0.15, 0.2) is 24.3 Å². The lowest BCUT2D eigenvalue weighted by Gasteiger charge is -2.11. The molecular weight excluding hydrogens is 186 g/mol. The van der Waals surface area contributed by atoms with Crippen LogP contribution in [-0.2, 0) is 6.54 Å². The molecule has 0 spiro atoms. The van der Waals surface area contributed by atoms with Gasteiger partial charge in [-0.1, -0.05) is 12.1 Å². The summed E-state index contributed by atoms with van der Waals surface area (Å²) in [5.41, 5.74) is 2.32. The van der Waals surface area contributed by atoms with E-state index in [1.807, 2.05) is 6.07 Å². The second kappa shape index (κ2) is 4.03. The number of likely N-dealkylation sites (N-methyl/N-ethyl adjacent to an activating group) is 1. The van der Waals surface area contributed by atoms with Crippen molar-refractivity contribution >= 4 is 11.0 Å². The molecule has 1 aromatic heterocycles. The second-order valence-electron chi connectivity index (χ2n) is 4.10. The highest BCUT2D eigenvalue weighted by atomic mass is 15.1. The molecule has 0 fully saturated rings. The van der Waals surface area contributed by atoms with E-state index in [0.29, 0.717) is 0 Å². The summed E-state index contributed by atoms with van der Waals surface area (Å²) >= 11 is 0. The molecule has 3 nitrogen and oxygen atoms in total. The molecule has 0 N–H and O–H groups in total. The van der Waals surface area contributed by atoms with Crippen LogP contribution in [0.5, 0.6) is 0 Å². The monoisotopic (exact) mass is 203 g/mol. The van der Waals surface area contributed by atoms with Crippen LogP contribution in [-0.4, -0.2) is 35.1 Å². The summed E-state index contributed by atoms with van der Waals surface area (Å²) in [7, 11) is 4.18. The van der Waals surface area contributed by atoms with Gasteiger partial charge in [0.2, 0.25) is 0 Å². The van der Waals surface area contributed by atoms with Crippen molar-refractivity contribution in [3.05, 3.63) is 30.1 Å². The highest BCUT2D eigenvalue weighted by Gasteiger charge is 2.05. The maximum Gasteiger partial charge on any atom is 0.106 e. The predicted octanol–water partition coefficient (Wildman–Crippen LogP) is 1.91. The number of aromatic nitrogens is 2. The standard InChI is InChI=1S/C12H17N3/c1-10-13-11-6-4-5-7-12(11)15(10)9-8-14(2)3/h4-7H,8-9H2,1-3H3. The third-order valence-corrected chi connectivity index (χ3v) is 2.62. The van der Waals surface area contributed by atoms with E-state index < -0.39 is 0 Å². The van der Waals surface area contributed by atoms with Crippen LogP contribution in [0.1, 0.15) is 5.82 Å². The number of para-hydroxylation sites is 2. The van der Waals surface area contributed by atoms with E-state index in [9.17, 15) is 0 Å². The molecule has 0 saturated carbocycles. The molecule has 1 aromatic carbocycles. The van der Waals surface area contributed by atoms with Gasteiger partial charge in [-0.3, -0.25) is 0 Å². The maximum atomic E-state index is 4.54. The molecule has 0 bridgehead atoms. The Bertz CT molecular complexity index is 457. The highest BCUT2D eigenvalue weighted by molar-refractivity contribution is 5.75. The zero-order chi connectivity index (χ0) is 10.8. The zero-order valence-electron chi connectivity index (χ0n) is 9.57. The van der Waals surface area contributed by atoms with Crippen molar-refractivity contribution in [3.63, 3.8) is 0 Å². The zero-order valence-corrected chi connectivity index (χ0v) is 9.57. The van der Waals surface area contributed by atoms with Gasteiger partial charge in [-0.15, -0.1) is 0 Å². The third-order valence-electron chi connectivity index (χ3n) is 2.62. The van der Waals surface area contributed by atoms with Crippen molar-refractivity contribution in [2.45, 2.75) is 13.5 Å². The Morgan fingerprint density at radius 2 is 2.00 bits per heavy atom. The molecule has 0 saturated heterocycles. The first-order chi connectivity index (χ1) is 7.18. The highest BCUT2D eigenvalue weighted by Crippen LogP contribution is 2.14. The number of hydrogen-bond donors (Lipinski definition) is 0. The largest absolute Gasteiger partial charge is 0.327 e. The Hall–Kier alpha value is -1.35. The lowest BCUT2D eigenvalue weighted by molar-refractivity contribution is 0.384. The fourth-order valence-electron chi connectivity index (χ4n) is 1.78. The number of aryl methyl sites for hydroxylation is 1. The van der Waals surface area contributed by atoms with E-state index in [0.717, 1.165) is 24.4 Å². The molecule has 2 aromatic rings. The number of fused-ring (bicyclic) bond motifs is 1. The van der Waals surface area contributed by atoms with Gasteiger partial charge in [0.15, 0.2) is 0 Å². The van der Waals surface area contributed by atoms with Gasteiger partial charge in [0.05, 0.1) is 11.0 Å². The molecular formula is C12H17N3. The van der Waals surface area contributed by atoms with Crippen molar-refractivity contribution in [2.75, 3.05) is 20.6 Å². The fourth-order valence-corrected chi connectivity index (χ4v) is 1.78. The van der Waals surface area contributed by atoms with Crippen LogP contribution in [0.25, 0.3) is 11.0 Å². The summed E-state index contributed by atoms with van der Waals surface area (Å²) < 4.78 is 2.27. The molecule has 0 unspecified atom stereocenters. The van der Waals surface area contributed by atoms with Crippen LogP contribution in [0, 0.1) is 6.92 Å². The van der Waals surface area contributed by atoms with Gasteiger partial charge in [0.1, 0.15) is 5.82 Å². The van der Waals surface area contributed by atoms with Gasteiger partial charge in [0, 0.05) is 13.1 Å². The molecule has 15 heavy (non-hydrogen) atoms. The quantitative estimate of drug-likeness (QED) is 0.759. The molecule has 0 aliphatic rings. The average molecular weight is 203 g/mol. The van der Waals surface area contributed by atoms with Crippen LogP contribution >= 0.6 is 0 Å². The Balaban J connectivity index is 2.36. The van der Waals surface area contributed by atoms with Gasteiger partial charge >= 0.3 is 0 Å². The summed E-state index contributed by atoms with van der Waals surface area (Å²) in [6.07, 6.45) is 0. The molecule has 3 heteroatoms. The van der Waals surface area contributed by atoms with Crippen LogP contribution < -0.4 is 0 Å². The SMILES string of the molecule is Cc1nc2ccccc2n1CCN(C)C. The first kappa shape index (κ1) is 10.2. The van der Waals surface area contributed by atoms with Crippen LogP contribution in [0.2, 0.25) is 0 Å². The molecule has 0 aliphatic carbocycles. The lowest BCUT2D eigenvalue weighted by Crippen LogP contribution is -2.18. The van der Waals surface area contributed by atoms with E-state index in [-0.39, 0.29) is 0 Å². The van der Waals surface area contributed by atoms with E-state index in [4.69, 9.17) is 0 Å². The van der Waals surface area contributed by atoms with Gasteiger partial charge in [0.25, 0.3) is 0 Å². The summed E-state index contributed by atoms with van der Waals surface area (Å²) in [6, 6.07) is 8.29. The molecule has 0 amide bonds. The Morgan fingerprint density at radius 1 is 1.27 bits per heavy atom. The van der Waals surface area contributed by atoms with Crippen molar-refractivity contribution in [2.24, 2.45) is 0 Å². The maximum absolute atomic E-state index is 4.54. The van der Waals surface area contributed by atoms with Gasteiger partial charge in [-0.25, -0.2) is 4.98 Å². The number of nitrogens with zero attached hydrogens (tertiary/aromatic N) is 3. The smallest absolute Gasteiger partial charge is 0.106 e. The van der Waals surface area contributed by atoms with Gasteiger partial charge in [-0.05, 0) is 33.2 Å². The molecule has 1 heterocycles. The molecule has 0 atom stereocenters. The van der Waals surface area contributed by atoms with E-state index in [1.54, 1.807) is 0 Å². The minimum absolute atomic E-state index is 0.999. The topological polar surface area (TPSA) is 21.1 Å². The fraction of sp³-hybridized carbons (Fsp3) is 0.417. The Kier molecular flexibility index (Phi) is 2.73. The number of imidazole rings is 1. The minimum atomic E-state index is 0.999. The number of benzene rings is 1. The van der Waals surface area contributed by atoms with Gasteiger partial charge in [-0.2, -0.15) is 0 Å². The second-order valence-corrected chi connectivity index (χ2v) is 4.10. The minimum Gasteiger partial charge on any atom is -0.327 e. The van der Waals surface area contributed by atoms with Crippen molar-refractivity contribution in [1.82, 2.24) is 14.5 Å². The van der Waals surface area contributed by atoms with Gasteiger partial charge < -0.3 is 9.47 Å². The predicted molar refractivity (Wildman–Crippen MR) is 63.0 cm³/mol. The van der Waals surface area contributed by atoms with E-state index >= 15 is 0 Å². The molecule has 80 valence electrons. The van der Waals surface area contributed by atoms with Crippen LogP contribution in [0.4, 0.5) is 0 Å². The van der Waals surface area contributed by atoms with Crippen molar-refractivity contribution in [3.8, 4) is 0 Å². The number of rotatable bonds is 3. The first-order valence-electron chi connectivity index (χ1n) is 5.25. The summed E-state index contributed by atoms with van der Waals surface area (Å²) in [4.78, 5) is 6.72. The lowest BCUT2D eigenvalue weighted by atomic mass is 10.3. The Labute approximate surface area is 90.3 Å². The van der Waals surface area contributed by atoms with Crippen LogP contribution in [0.3, 0.4) is 0 Å². The van der Waals surface area contributed by atoms with E-state index in [1.165, 1.54) is 5.52 Å². The third kappa shape index (κ3) is 2.02. The molecule has 0 radical (unpaired) electrons. The molecule has 0 aliphatic heterocycles. The number of hydrogen-bond acceptors (Lipinski definition) is 2. The normalized spacial score (nSPS) is 11.5. The van der Waals surface area contributed by atoms with Crippen molar-refractivity contribution < 1.29 is 0 Å². The van der Waals surface area contributed by atoms with E-state index in [2.05, 4.69) is 53.7 Å². The summed E-state index contributed by atoms with van der Waals surface area (Å²) in [6.45, 7) is 4.11. The summed E-state index contributed by atoms with van der Waals surface area (Å²) in [5.74, 6) is 1.10. The molecule has 2 rings (SSSR count). The summed E-state index contributed by atoms with van der Waals surface area (Å²) in [5, 5.41) is 0. The average Bonchev–Trinajstić information content (AvgIpc) is 2.50.